The predicted molar refractivity (Wildman–Crippen MR) is 312 cm³/mol. The highest BCUT2D eigenvalue weighted by Gasteiger charge is 2.19. The van der Waals surface area contributed by atoms with E-state index in [0.717, 1.165) is 57.8 Å². The Bertz CT molecular complexity index is 1080. The first-order chi connectivity index (χ1) is 35.5. The van der Waals surface area contributed by atoms with Crippen LogP contribution in [0.2, 0.25) is 0 Å². The first-order valence-corrected chi connectivity index (χ1v) is 33.0. The van der Waals surface area contributed by atoms with Crippen molar-refractivity contribution in [2.75, 3.05) is 13.2 Å². The lowest BCUT2D eigenvalue weighted by Crippen LogP contribution is -2.30. The van der Waals surface area contributed by atoms with E-state index in [1.54, 1.807) is 0 Å². The molecule has 0 aromatic rings. The van der Waals surface area contributed by atoms with Gasteiger partial charge < -0.3 is 14.2 Å². The van der Waals surface area contributed by atoms with Crippen molar-refractivity contribution < 1.29 is 28.6 Å². The maximum Gasteiger partial charge on any atom is 0.306 e. The Balaban J connectivity index is 4.09. The summed E-state index contributed by atoms with van der Waals surface area (Å²) in [7, 11) is 0. The van der Waals surface area contributed by atoms with E-state index < -0.39 is 6.10 Å². The molecule has 0 aliphatic rings. The topological polar surface area (TPSA) is 78.9 Å². The lowest BCUT2D eigenvalue weighted by atomic mass is 10.0. The van der Waals surface area contributed by atoms with Gasteiger partial charge >= 0.3 is 17.9 Å². The minimum atomic E-state index is -0.761. The van der Waals surface area contributed by atoms with Crippen molar-refractivity contribution in [3.05, 3.63) is 0 Å². The Labute approximate surface area is 450 Å². The third-order valence-corrected chi connectivity index (χ3v) is 15.4. The molecule has 6 nitrogen and oxygen atoms in total. The molecule has 6 heteroatoms. The third kappa shape index (κ3) is 59.3. The van der Waals surface area contributed by atoms with Crippen LogP contribution in [0.4, 0.5) is 0 Å². The van der Waals surface area contributed by atoms with Gasteiger partial charge in [-0.15, -0.1) is 0 Å². The Morgan fingerprint density at radius 1 is 0.222 bits per heavy atom. The Kier molecular flexibility index (Phi) is 60.6. The second-order valence-corrected chi connectivity index (χ2v) is 22.8. The van der Waals surface area contributed by atoms with Crippen molar-refractivity contribution in [2.24, 2.45) is 0 Å². The molecular weight excluding hydrogens is 889 g/mol. The van der Waals surface area contributed by atoms with E-state index in [0.29, 0.717) is 19.3 Å². The number of rotatable bonds is 62. The van der Waals surface area contributed by atoms with Crippen molar-refractivity contribution in [3.8, 4) is 0 Å². The first kappa shape index (κ1) is 70.4. The van der Waals surface area contributed by atoms with Crippen molar-refractivity contribution >= 4 is 17.9 Å². The smallest absolute Gasteiger partial charge is 0.306 e. The molecule has 428 valence electrons. The maximum absolute atomic E-state index is 12.9. The third-order valence-electron chi connectivity index (χ3n) is 15.4. The van der Waals surface area contributed by atoms with Gasteiger partial charge in [-0.3, -0.25) is 14.4 Å². The van der Waals surface area contributed by atoms with Gasteiger partial charge in [0.2, 0.25) is 0 Å². The Hall–Kier alpha value is -1.59. The molecule has 0 saturated carbocycles. The summed E-state index contributed by atoms with van der Waals surface area (Å²) in [6, 6.07) is 0. The van der Waals surface area contributed by atoms with Gasteiger partial charge in [0.15, 0.2) is 6.10 Å². The normalized spacial score (nSPS) is 11.9. The van der Waals surface area contributed by atoms with E-state index in [1.165, 1.54) is 289 Å². The lowest BCUT2D eigenvalue weighted by Gasteiger charge is -2.18. The Morgan fingerprint density at radius 3 is 0.556 bits per heavy atom. The number of esters is 3. The molecule has 0 aliphatic carbocycles. The standard InChI is InChI=1S/C66H128O6/c1-4-7-10-13-16-19-22-24-26-28-29-30-31-32-33-34-35-36-37-39-40-42-44-47-50-53-56-59-65(68)71-62-63(61-70-64(67)58-55-52-49-46-21-18-15-12-9-6-3)72-66(69)60-57-54-51-48-45-43-41-38-27-25-23-20-17-14-11-8-5-2/h63H,4-62H2,1-3H3. The summed E-state index contributed by atoms with van der Waals surface area (Å²) in [5.74, 6) is -0.829. The first-order valence-electron chi connectivity index (χ1n) is 33.0. The molecule has 0 N–H and O–H groups in total. The van der Waals surface area contributed by atoms with Crippen LogP contribution in [0.25, 0.3) is 0 Å². The summed E-state index contributed by atoms with van der Waals surface area (Å²) in [5, 5.41) is 0. The highest BCUT2D eigenvalue weighted by atomic mass is 16.6. The van der Waals surface area contributed by atoms with Gasteiger partial charge in [0.1, 0.15) is 13.2 Å². The summed E-state index contributed by atoms with van der Waals surface area (Å²) >= 11 is 0. The fourth-order valence-electron chi connectivity index (χ4n) is 10.4. The van der Waals surface area contributed by atoms with Crippen LogP contribution in [0.5, 0.6) is 0 Å². The molecule has 0 aromatic carbocycles. The lowest BCUT2D eigenvalue weighted by molar-refractivity contribution is -0.167. The maximum atomic E-state index is 12.9. The Morgan fingerprint density at radius 2 is 0.375 bits per heavy atom. The van der Waals surface area contributed by atoms with E-state index in [1.807, 2.05) is 0 Å². The van der Waals surface area contributed by atoms with E-state index in [9.17, 15) is 14.4 Å². The van der Waals surface area contributed by atoms with Crippen LogP contribution in [0.15, 0.2) is 0 Å². The van der Waals surface area contributed by atoms with E-state index in [-0.39, 0.29) is 31.1 Å². The van der Waals surface area contributed by atoms with E-state index in [4.69, 9.17) is 14.2 Å². The zero-order valence-electron chi connectivity index (χ0n) is 49.2. The molecule has 0 aliphatic heterocycles. The van der Waals surface area contributed by atoms with Crippen molar-refractivity contribution in [3.63, 3.8) is 0 Å². The van der Waals surface area contributed by atoms with Crippen molar-refractivity contribution in [1.29, 1.82) is 0 Å². The van der Waals surface area contributed by atoms with E-state index >= 15 is 0 Å². The molecule has 0 radical (unpaired) electrons. The number of carbonyl (C=O) groups is 3. The van der Waals surface area contributed by atoms with Gasteiger partial charge in [0.25, 0.3) is 0 Å². The second-order valence-electron chi connectivity index (χ2n) is 22.8. The predicted octanol–water partition coefficient (Wildman–Crippen LogP) is 22.3. The number of carbonyl (C=O) groups excluding carboxylic acids is 3. The molecule has 0 bridgehead atoms. The molecule has 72 heavy (non-hydrogen) atoms. The molecule has 1 unspecified atom stereocenters. The van der Waals surface area contributed by atoms with Gasteiger partial charge in [0.05, 0.1) is 0 Å². The van der Waals surface area contributed by atoms with Gasteiger partial charge in [-0.2, -0.15) is 0 Å². The molecular formula is C66H128O6. The highest BCUT2D eigenvalue weighted by molar-refractivity contribution is 5.71. The minimum Gasteiger partial charge on any atom is -0.462 e. The SMILES string of the molecule is CCCCCCCCCCCCCCCCCCCCCCCCCCCCCC(=O)OCC(COC(=O)CCCCCCCCCCCC)OC(=O)CCCCCCCCCCCCCCCCCCC. The molecule has 0 heterocycles. The van der Waals surface area contributed by atoms with E-state index in [2.05, 4.69) is 20.8 Å². The molecule has 0 rings (SSSR count). The van der Waals surface area contributed by atoms with Gasteiger partial charge in [0, 0.05) is 19.3 Å². The molecule has 0 aromatic heterocycles. The summed E-state index contributed by atoms with van der Waals surface area (Å²) in [6.45, 7) is 6.71. The zero-order chi connectivity index (χ0) is 52.2. The minimum absolute atomic E-state index is 0.0608. The number of ether oxygens (including phenoxy) is 3. The van der Waals surface area contributed by atoms with Crippen LogP contribution in [0, 0.1) is 0 Å². The van der Waals surface area contributed by atoms with Crippen LogP contribution in [-0.2, 0) is 28.6 Å². The molecule has 1 atom stereocenters. The van der Waals surface area contributed by atoms with Crippen LogP contribution >= 0.6 is 0 Å². The van der Waals surface area contributed by atoms with Crippen molar-refractivity contribution in [1.82, 2.24) is 0 Å². The number of hydrogen-bond acceptors (Lipinski definition) is 6. The number of unbranched alkanes of at least 4 members (excludes halogenated alkanes) is 51. The van der Waals surface area contributed by atoms with Crippen molar-refractivity contribution in [2.45, 2.75) is 393 Å². The number of hydrogen-bond donors (Lipinski definition) is 0. The molecule has 0 amide bonds. The van der Waals surface area contributed by atoms with Gasteiger partial charge in [-0.05, 0) is 19.3 Å². The van der Waals surface area contributed by atoms with Gasteiger partial charge in [-0.25, -0.2) is 0 Å². The van der Waals surface area contributed by atoms with Gasteiger partial charge in [-0.1, -0.05) is 348 Å². The fraction of sp³-hybridized carbons (Fsp3) is 0.955. The average molecular weight is 1020 g/mol. The monoisotopic (exact) mass is 1020 g/mol. The summed E-state index contributed by atoms with van der Waals surface area (Å²) in [6.07, 6.45) is 71.3. The van der Waals surface area contributed by atoms with Crippen LogP contribution in [-0.4, -0.2) is 37.2 Å². The largest absolute Gasteiger partial charge is 0.462 e. The quantitative estimate of drug-likeness (QED) is 0.0343. The van der Waals surface area contributed by atoms with Crippen LogP contribution < -0.4 is 0 Å². The summed E-state index contributed by atoms with van der Waals surface area (Å²) in [4.78, 5) is 38.2. The molecule has 0 saturated heterocycles. The molecule has 0 spiro atoms. The highest BCUT2D eigenvalue weighted by Crippen LogP contribution is 2.19. The summed E-state index contributed by atoms with van der Waals surface area (Å²) < 4.78 is 16.9. The van der Waals surface area contributed by atoms with Crippen LogP contribution in [0.1, 0.15) is 387 Å². The van der Waals surface area contributed by atoms with Crippen LogP contribution in [0.3, 0.4) is 0 Å². The average Bonchev–Trinajstić information content (AvgIpc) is 3.38. The summed E-state index contributed by atoms with van der Waals surface area (Å²) in [5.41, 5.74) is 0. The molecule has 0 fully saturated rings. The fourth-order valence-corrected chi connectivity index (χ4v) is 10.4. The zero-order valence-corrected chi connectivity index (χ0v) is 49.2. The second kappa shape index (κ2) is 62.0.